The highest BCUT2D eigenvalue weighted by molar-refractivity contribution is 6.22. The predicted molar refractivity (Wildman–Crippen MR) is 161 cm³/mol. The van der Waals surface area contributed by atoms with Crippen LogP contribution in [0, 0.1) is 0 Å². The molecule has 7 heteroatoms. The average Bonchev–Trinajstić information content (AvgIpc) is 3.60. The van der Waals surface area contributed by atoms with Crippen LogP contribution < -0.4 is 0 Å². The minimum Gasteiger partial charge on any atom is -0.494 e. The van der Waals surface area contributed by atoms with Crippen molar-refractivity contribution in [2.75, 3.05) is 6.61 Å². The number of carbonyl (C=O) groups excluding carboxylic acids is 1. The minimum absolute atomic E-state index is 0.0248. The van der Waals surface area contributed by atoms with E-state index in [1.807, 2.05) is 85.2 Å². The number of benzene rings is 4. The predicted octanol–water partition coefficient (Wildman–Crippen LogP) is 7.13. The van der Waals surface area contributed by atoms with Crippen LogP contribution in [0.2, 0.25) is 0 Å². The molecule has 2 heterocycles. The number of aromatic amines is 1. The molecule has 0 radical (unpaired) electrons. The fourth-order valence-corrected chi connectivity index (χ4v) is 4.92. The van der Waals surface area contributed by atoms with Gasteiger partial charge in [-0.05, 0) is 48.9 Å². The number of nitrogens with zero attached hydrogens (tertiary/aromatic N) is 3. The Morgan fingerprint density at radius 1 is 0.927 bits per heavy atom. The van der Waals surface area contributed by atoms with E-state index in [1.165, 1.54) is 5.56 Å². The first-order chi connectivity index (χ1) is 20.1. The van der Waals surface area contributed by atoms with Crippen molar-refractivity contribution in [3.8, 4) is 17.3 Å². The molecule has 6 aromatic rings. The van der Waals surface area contributed by atoms with Gasteiger partial charge < -0.3 is 19.4 Å². The van der Waals surface area contributed by atoms with Gasteiger partial charge in [0.15, 0.2) is 5.88 Å². The Balaban J connectivity index is 1.38. The summed E-state index contributed by atoms with van der Waals surface area (Å²) >= 11 is 0. The lowest BCUT2D eigenvalue weighted by atomic mass is 10.00. The molecule has 0 atom stereocenters. The second kappa shape index (κ2) is 11.4. The molecule has 0 aliphatic carbocycles. The summed E-state index contributed by atoms with van der Waals surface area (Å²) in [5.74, 6) is 0.439. The number of aromatic hydroxyl groups is 1. The molecular weight excluding hydrogens is 512 g/mol. The van der Waals surface area contributed by atoms with Gasteiger partial charge in [-0.25, -0.2) is 14.8 Å². The lowest BCUT2D eigenvalue weighted by Gasteiger charge is -2.10. The van der Waals surface area contributed by atoms with Crippen molar-refractivity contribution in [3.63, 3.8) is 0 Å². The SMILES string of the molecule is CCOC(=O)c1ccc2c(C(=Nc3ccc(-c4nccn4Cc4ccccc4)cc3)c3ccccc3)c(O)[nH]c2c1. The van der Waals surface area contributed by atoms with E-state index in [0.717, 1.165) is 34.6 Å². The zero-order valence-electron chi connectivity index (χ0n) is 22.5. The Hall–Kier alpha value is -5.43. The highest BCUT2D eigenvalue weighted by Gasteiger charge is 2.20. The minimum atomic E-state index is -0.411. The van der Waals surface area contributed by atoms with E-state index in [-0.39, 0.29) is 12.5 Å². The average molecular weight is 541 g/mol. The molecule has 0 fully saturated rings. The molecule has 2 N–H and O–H groups in total. The summed E-state index contributed by atoms with van der Waals surface area (Å²) in [5.41, 5.74) is 5.95. The molecule has 0 aliphatic heterocycles. The maximum Gasteiger partial charge on any atom is 0.338 e. The zero-order valence-corrected chi connectivity index (χ0v) is 22.5. The number of ether oxygens (including phenoxy) is 1. The van der Waals surface area contributed by atoms with Crippen molar-refractivity contribution in [1.82, 2.24) is 14.5 Å². The van der Waals surface area contributed by atoms with Gasteiger partial charge in [0.1, 0.15) is 5.82 Å². The molecule has 2 aromatic heterocycles. The lowest BCUT2D eigenvalue weighted by Crippen LogP contribution is -2.05. The van der Waals surface area contributed by atoms with Crippen molar-refractivity contribution >= 4 is 28.3 Å². The molecule has 202 valence electrons. The Morgan fingerprint density at radius 3 is 2.39 bits per heavy atom. The van der Waals surface area contributed by atoms with E-state index < -0.39 is 5.97 Å². The second-order valence-electron chi connectivity index (χ2n) is 9.57. The van der Waals surface area contributed by atoms with Gasteiger partial charge in [0.05, 0.1) is 29.1 Å². The third-order valence-electron chi connectivity index (χ3n) is 6.85. The summed E-state index contributed by atoms with van der Waals surface area (Å²) in [5, 5.41) is 11.8. The summed E-state index contributed by atoms with van der Waals surface area (Å²) in [4.78, 5) is 24.9. The van der Waals surface area contributed by atoms with Crippen LogP contribution in [-0.4, -0.2) is 37.9 Å². The number of aliphatic imine (C=N–C) groups is 1. The van der Waals surface area contributed by atoms with Crippen molar-refractivity contribution in [2.45, 2.75) is 13.5 Å². The standard InChI is InChI=1S/C34H28N4O3/c1-2-41-34(40)26-15-18-28-29(21-26)37-33(39)30(28)31(24-11-7-4-8-12-24)36-27-16-13-25(14-17-27)32-35-19-20-38(32)22-23-9-5-3-6-10-23/h3-21,37,39H,2,22H2,1H3. The van der Waals surface area contributed by atoms with Gasteiger partial charge in [-0.15, -0.1) is 0 Å². The van der Waals surface area contributed by atoms with Gasteiger partial charge in [-0.3, -0.25) is 0 Å². The molecule has 0 bridgehead atoms. The first-order valence-electron chi connectivity index (χ1n) is 13.4. The Bertz CT molecular complexity index is 1840. The molecule has 0 unspecified atom stereocenters. The normalized spacial score (nSPS) is 11.6. The van der Waals surface area contributed by atoms with E-state index in [9.17, 15) is 9.90 Å². The number of fused-ring (bicyclic) bond motifs is 1. The molecule has 7 nitrogen and oxygen atoms in total. The van der Waals surface area contributed by atoms with Gasteiger partial charge in [0.25, 0.3) is 0 Å². The van der Waals surface area contributed by atoms with Crippen molar-refractivity contribution in [1.29, 1.82) is 0 Å². The van der Waals surface area contributed by atoms with Gasteiger partial charge >= 0.3 is 5.97 Å². The number of H-pyrrole nitrogens is 1. The second-order valence-corrected chi connectivity index (χ2v) is 9.57. The third-order valence-corrected chi connectivity index (χ3v) is 6.85. The number of hydrogen-bond acceptors (Lipinski definition) is 5. The van der Waals surface area contributed by atoms with Crippen molar-refractivity contribution in [2.24, 2.45) is 4.99 Å². The largest absolute Gasteiger partial charge is 0.494 e. The van der Waals surface area contributed by atoms with E-state index in [4.69, 9.17) is 9.73 Å². The van der Waals surface area contributed by atoms with Crippen LogP contribution in [0.3, 0.4) is 0 Å². The van der Waals surface area contributed by atoms with Gasteiger partial charge in [0, 0.05) is 41.0 Å². The van der Waals surface area contributed by atoms with E-state index in [2.05, 4.69) is 26.7 Å². The molecule has 41 heavy (non-hydrogen) atoms. The number of imidazole rings is 1. The first-order valence-corrected chi connectivity index (χ1v) is 13.4. The number of aromatic nitrogens is 3. The highest BCUT2D eigenvalue weighted by Crippen LogP contribution is 2.33. The molecule has 0 spiro atoms. The number of hydrogen-bond donors (Lipinski definition) is 2. The summed E-state index contributed by atoms with van der Waals surface area (Å²) in [6.45, 7) is 2.78. The lowest BCUT2D eigenvalue weighted by molar-refractivity contribution is 0.0526. The summed E-state index contributed by atoms with van der Waals surface area (Å²) in [7, 11) is 0. The van der Waals surface area contributed by atoms with Crippen LogP contribution in [0.25, 0.3) is 22.3 Å². The Morgan fingerprint density at radius 2 is 1.66 bits per heavy atom. The quantitative estimate of drug-likeness (QED) is 0.159. The van der Waals surface area contributed by atoms with E-state index >= 15 is 0 Å². The molecule has 0 saturated carbocycles. The van der Waals surface area contributed by atoms with Gasteiger partial charge in [-0.1, -0.05) is 66.7 Å². The molecule has 6 rings (SSSR count). The summed E-state index contributed by atoms with van der Waals surface area (Å²) in [6.07, 6.45) is 3.79. The highest BCUT2D eigenvalue weighted by atomic mass is 16.5. The van der Waals surface area contributed by atoms with Crippen LogP contribution in [-0.2, 0) is 11.3 Å². The van der Waals surface area contributed by atoms with Crippen LogP contribution in [0.4, 0.5) is 5.69 Å². The van der Waals surface area contributed by atoms with Gasteiger partial charge in [-0.2, -0.15) is 0 Å². The number of nitrogens with one attached hydrogen (secondary N) is 1. The third kappa shape index (κ3) is 5.38. The fraction of sp³-hybridized carbons (Fsp3) is 0.0882. The Kier molecular flexibility index (Phi) is 7.15. The number of esters is 1. The monoisotopic (exact) mass is 540 g/mol. The molecule has 0 saturated heterocycles. The molecular formula is C34H28N4O3. The molecule has 4 aromatic carbocycles. The zero-order chi connectivity index (χ0) is 28.2. The maximum absolute atomic E-state index is 12.3. The van der Waals surface area contributed by atoms with Crippen LogP contribution in [0.15, 0.2) is 121 Å². The molecule has 0 aliphatic rings. The van der Waals surface area contributed by atoms with Crippen LogP contribution >= 0.6 is 0 Å². The summed E-state index contributed by atoms with van der Waals surface area (Å²) < 4.78 is 7.26. The fourth-order valence-electron chi connectivity index (χ4n) is 4.92. The van der Waals surface area contributed by atoms with E-state index in [1.54, 1.807) is 25.1 Å². The first kappa shape index (κ1) is 25.8. The van der Waals surface area contributed by atoms with Crippen molar-refractivity contribution < 1.29 is 14.6 Å². The van der Waals surface area contributed by atoms with Crippen LogP contribution in [0.5, 0.6) is 5.88 Å². The molecule has 0 amide bonds. The number of rotatable bonds is 8. The summed E-state index contributed by atoms with van der Waals surface area (Å²) in [6, 6.07) is 33.1. The Labute approximate surface area is 237 Å². The van der Waals surface area contributed by atoms with Gasteiger partial charge in [0.2, 0.25) is 0 Å². The van der Waals surface area contributed by atoms with E-state index in [0.29, 0.717) is 22.4 Å². The maximum atomic E-state index is 12.3. The number of carbonyl (C=O) groups is 1. The topological polar surface area (TPSA) is 92.5 Å². The smallest absolute Gasteiger partial charge is 0.338 e. The van der Waals surface area contributed by atoms with Crippen molar-refractivity contribution in [3.05, 3.63) is 138 Å². The van der Waals surface area contributed by atoms with Crippen LogP contribution in [0.1, 0.15) is 34.0 Å².